The zero-order valence-electron chi connectivity index (χ0n) is 13.0. The quantitative estimate of drug-likeness (QED) is 0.907. The molecular formula is C19H21NO2. The summed E-state index contributed by atoms with van der Waals surface area (Å²) in [6, 6.07) is 16.5. The number of ether oxygens (including phenoxy) is 1. The van der Waals surface area contributed by atoms with Crippen molar-refractivity contribution < 1.29 is 9.53 Å². The van der Waals surface area contributed by atoms with Crippen LogP contribution < -0.4 is 5.32 Å². The monoisotopic (exact) mass is 295 g/mol. The van der Waals surface area contributed by atoms with Crippen LogP contribution >= 0.6 is 0 Å². The molecule has 0 spiro atoms. The molecule has 0 aliphatic heterocycles. The van der Waals surface area contributed by atoms with E-state index in [4.69, 9.17) is 4.74 Å². The lowest BCUT2D eigenvalue weighted by Crippen LogP contribution is -2.25. The van der Waals surface area contributed by atoms with E-state index in [0.717, 1.165) is 35.1 Å². The third-order valence-electron chi connectivity index (χ3n) is 4.10. The SMILES string of the molecule is CO[C@@H](C)c1cccc(-c2ccc(C(=O)NC3CC3)cc2)c1. The zero-order valence-corrected chi connectivity index (χ0v) is 13.0. The molecule has 0 radical (unpaired) electrons. The molecule has 3 rings (SSSR count). The Hall–Kier alpha value is -2.13. The number of amides is 1. The Labute approximate surface area is 131 Å². The molecule has 1 saturated carbocycles. The highest BCUT2D eigenvalue weighted by atomic mass is 16.5. The van der Waals surface area contributed by atoms with E-state index in [-0.39, 0.29) is 12.0 Å². The van der Waals surface area contributed by atoms with Crippen LogP contribution in [-0.4, -0.2) is 19.1 Å². The van der Waals surface area contributed by atoms with Crippen LogP contribution in [0.1, 0.15) is 41.8 Å². The summed E-state index contributed by atoms with van der Waals surface area (Å²) < 4.78 is 5.37. The van der Waals surface area contributed by atoms with Gasteiger partial charge in [0.05, 0.1) is 6.10 Å². The Morgan fingerprint density at radius 1 is 1.14 bits per heavy atom. The van der Waals surface area contributed by atoms with Crippen molar-refractivity contribution in [2.24, 2.45) is 0 Å². The number of methoxy groups -OCH3 is 1. The van der Waals surface area contributed by atoms with Crippen LogP contribution in [-0.2, 0) is 4.74 Å². The minimum Gasteiger partial charge on any atom is -0.377 e. The molecule has 2 aromatic rings. The molecule has 1 N–H and O–H groups in total. The molecule has 3 heteroatoms. The second-order valence-electron chi connectivity index (χ2n) is 5.83. The molecule has 0 heterocycles. The van der Waals surface area contributed by atoms with Gasteiger partial charge < -0.3 is 10.1 Å². The fraction of sp³-hybridized carbons (Fsp3) is 0.316. The van der Waals surface area contributed by atoms with Gasteiger partial charge in [-0.15, -0.1) is 0 Å². The van der Waals surface area contributed by atoms with E-state index >= 15 is 0 Å². The lowest BCUT2D eigenvalue weighted by atomic mass is 10.00. The van der Waals surface area contributed by atoms with E-state index in [2.05, 4.69) is 23.5 Å². The molecule has 1 fully saturated rings. The Kier molecular flexibility index (Phi) is 4.25. The Bertz CT molecular complexity index is 659. The van der Waals surface area contributed by atoms with E-state index < -0.39 is 0 Å². The Balaban J connectivity index is 1.78. The summed E-state index contributed by atoms with van der Waals surface area (Å²) in [4.78, 5) is 12.0. The van der Waals surface area contributed by atoms with Gasteiger partial charge in [0.1, 0.15) is 0 Å². The highest BCUT2D eigenvalue weighted by Gasteiger charge is 2.23. The molecule has 3 nitrogen and oxygen atoms in total. The van der Waals surface area contributed by atoms with Crippen molar-refractivity contribution in [3.8, 4) is 11.1 Å². The molecule has 0 saturated heterocycles. The molecule has 114 valence electrons. The molecule has 0 bridgehead atoms. The molecule has 0 aromatic heterocycles. The molecule has 2 aromatic carbocycles. The largest absolute Gasteiger partial charge is 0.377 e. The van der Waals surface area contributed by atoms with Crippen molar-refractivity contribution >= 4 is 5.91 Å². The van der Waals surface area contributed by atoms with Crippen LogP contribution in [0.25, 0.3) is 11.1 Å². The second-order valence-corrected chi connectivity index (χ2v) is 5.83. The molecule has 1 aliphatic rings. The fourth-order valence-electron chi connectivity index (χ4n) is 2.42. The van der Waals surface area contributed by atoms with Crippen molar-refractivity contribution in [2.45, 2.75) is 31.9 Å². The summed E-state index contributed by atoms with van der Waals surface area (Å²) in [5.74, 6) is 0.0239. The van der Waals surface area contributed by atoms with Gasteiger partial charge in [-0.2, -0.15) is 0 Å². The molecule has 1 aliphatic carbocycles. The standard InChI is InChI=1S/C19H21NO2/c1-13(22-2)16-4-3-5-17(12-16)14-6-8-15(9-7-14)19(21)20-18-10-11-18/h3-9,12-13,18H,10-11H2,1-2H3,(H,20,21)/t13-/m0/s1. The van der Waals surface area contributed by atoms with Crippen molar-refractivity contribution in [3.05, 3.63) is 59.7 Å². The molecule has 1 amide bonds. The summed E-state index contributed by atoms with van der Waals surface area (Å²) in [5, 5.41) is 3.01. The summed E-state index contributed by atoms with van der Waals surface area (Å²) in [6.07, 6.45) is 2.28. The predicted molar refractivity (Wildman–Crippen MR) is 87.8 cm³/mol. The molecule has 0 unspecified atom stereocenters. The van der Waals surface area contributed by atoms with Gasteiger partial charge in [0.15, 0.2) is 0 Å². The van der Waals surface area contributed by atoms with Crippen molar-refractivity contribution in [3.63, 3.8) is 0 Å². The van der Waals surface area contributed by atoms with Gasteiger partial charge >= 0.3 is 0 Å². The average Bonchev–Trinajstić information content (AvgIpc) is 3.38. The van der Waals surface area contributed by atoms with Crippen LogP contribution in [0.15, 0.2) is 48.5 Å². The van der Waals surface area contributed by atoms with Crippen LogP contribution in [0.3, 0.4) is 0 Å². The first-order chi connectivity index (χ1) is 10.7. The maximum absolute atomic E-state index is 12.0. The number of carbonyl (C=O) groups is 1. The van der Waals surface area contributed by atoms with Gasteiger partial charge in [-0.3, -0.25) is 4.79 Å². The van der Waals surface area contributed by atoms with Gasteiger partial charge in [-0.25, -0.2) is 0 Å². The maximum Gasteiger partial charge on any atom is 0.251 e. The summed E-state index contributed by atoms with van der Waals surface area (Å²) in [6.45, 7) is 2.03. The third kappa shape index (κ3) is 3.37. The van der Waals surface area contributed by atoms with Crippen molar-refractivity contribution in [1.82, 2.24) is 5.32 Å². The van der Waals surface area contributed by atoms with Crippen LogP contribution in [0, 0.1) is 0 Å². The fourth-order valence-corrected chi connectivity index (χ4v) is 2.42. The number of hydrogen-bond donors (Lipinski definition) is 1. The van der Waals surface area contributed by atoms with Gasteiger partial charge in [0, 0.05) is 18.7 Å². The lowest BCUT2D eigenvalue weighted by molar-refractivity contribution is 0.0951. The van der Waals surface area contributed by atoms with Gasteiger partial charge in [-0.05, 0) is 54.7 Å². The Morgan fingerprint density at radius 3 is 2.50 bits per heavy atom. The number of rotatable bonds is 5. The van der Waals surface area contributed by atoms with Crippen LogP contribution in [0.4, 0.5) is 0 Å². The second kappa shape index (κ2) is 6.32. The van der Waals surface area contributed by atoms with E-state index in [1.807, 2.05) is 37.3 Å². The first-order valence-corrected chi connectivity index (χ1v) is 7.71. The smallest absolute Gasteiger partial charge is 0.251 e. The maximum atomic E-state index is 12.0. The van der Waals surface area contributed by atoms with Crippen molar-refractivity contribution in [1.29, 1.82) is 0 Å². The summed E-state index contributed by atoms with van der Waals surface area (Å²) in [7, 11) is 1.71. The molecule has 22 heavy (non-hydrogen) atoms. The number of carbonyl (C=O) groups excluding carboxylic acids is 1. The van der Waals surface area contributed by atoms with Crippen LogP contribution in [0.2, 0.25) is 0 Å². The Morgan fingerprint density at radius 2 is 1.86 bits per heavy atom. The van der Waals surface area contributed by atoms with Crippen LogP contribution in [0.5, 0.6) is 0 Å². The number of benzene rings is 2. The summed E-state index contributed by atoms with van der Waals surface area (Å²) in [5.41, 5.74) is 4.11. The predicted octanol–water partition coefficient (Wildman–Crippen LogP) is 3.95. The zero-order chi connectivity index (χ0) is 15.5. The van der Waals surface area contributed by atoms with Gasteiger partial charge in [0.2, 0.25) is 0 Å². The number of nitrogens with one attached hydrogen (secondary N) is 1. The van der Waals surface area contributed by atoms with Gasteiger partial charge in [-0.1, -0.05) is 30.3 Å². The van der Waals surface area contributed by atoms with E-state index in [9.17, 15) is 4.79 Å². The number of hydrogen-bond acceptors (Lipinski definition) is 2. The highest BCUT2D eigenvalue weighted by molar-refractivity contribution is 5.95. The topological polar surface area (TPSA) is 38.3 Å². The minimum atomic E-state index is 0.0239. The first-order valence-electron chi connectivity index (χ1n) is 7.71. The minimum absolute atomic E-state index is 0.0239. The van der Waals surface area contributed by atoms with Gasteiger partial charge in [0.25, 0.3) is 5.91 Å². The third-order valence-corrected chi connectivity index (χ3v) is 4.10. The first kappa shape index (κ1) is 14.8. The van der Waals surface area contributed by atoms with E-state index in [1.165, 1.54) is 0 Å². The summed E-state index contributed by atoms with van der Waals surface area (Å²) >= 11 is 0. The average molecular weight is 295 g/mol. The van der Waals surface area contributed by atoms with E-state index in [0.29, 0.717) is 6.04 Å². The van der Waals surface area contributed by atoms with E-state index in [1.54, 1.807) is 7.11 Å². The lowest BCUT2D eigenvalue weighted by Gasteiger charge is -2.12. The normalized spacial score (nSPS) is 15.4. The highest BCUT2D eigenvalue weighted by Crippen LogP contribution is 2.25. The molecular weight excluding hydrogens is 274 g/mol. The molecule has 1 atom stereocenters. The van der Waals surface area contributed by atoms with Crippen molar-refractivity contribution in [2.75, 3.05) is 7.11 Å².